The van der Waals surface area contributed by atoms with Gasteiger partial charge in [-0.25, -0.2) is 0 Å². The quantitative estimate of drug-likeness (QED) is 0.813. The summed E-state index contributed by atoms with van der Waals surface area (Å²) in [5.74, 6) is 0.882. The first-order chi connectivity index (χ1) is 7.19. The lowest BCUT2D eigenvalue weighted by atomic mass is 9.82. The molecule has 0 atom stereocenters. The molecule has 0 radical (unpaired) electrons. The summed E-state index contributed by atoms with van der Waals surface area (Å²) < 4.78 is 1.88. The Morgan fingerprint density at radius 2 is 2.33 bits per heavy atom. The summed E-state index contributed by atoms with van der Waals surface area (Å²) in [5.41, 5.74) is 1.93. The molecule has 0 spiro atoms. The zero-order chi connectivity index (χ0) is 10.8. The summed E-state index contributed by atoms with van der Waals surface area (Å²) in [5, 5.41) is 12.3. The summed E-state index contributed by atoms with van der Waals surface area (Å²) in [7, 11) is 1.91. The van der Waals surface area contributed by atoms with Crippen molar-refractivity contribution in [3.05, 3.63) is 23.5 Å². The Hall–Kier alpha value is -1.27. The van der Waals surface area contributed by atoms with Crippen molar-refractivity contribution in [2.45, 2.75) is 32.4 Å². The van der Waals surface area contributed by atoms with E-state index in [1.165, 1.54) is 18.4 Å². The molecule has 0 aromatic carbocycles. The second-order valence-corrected chi connectivity index (χ2v) is 4.61. The molecule has 1 aromatic heterocycles. The molecule has 0 aliphatic heterocycles. The summed E-state index contributed by atoms with van der Waals surface area (Å²) >= 11 is 0. The van der Waals surface area contributed by atoms with Gasteiger partial charge in [0, 0.05) is 25.8 Å². The Labute approximate surface area is 90.7 Å². The van der Waals surface area contributed by atoms with E-state index in [2.05, 4.69) is 18.3 Å². The Bertz CT molecular complexity index is 380. The monoisotopic (exact) mass is 203 g/mol. The number of hydrogen-bond donors (Lipinski definition) is 1. The third-order valence-corrected chi connectivity index (χ3v) is 3.14. The van der Waals surface area contributed by atoms with Crippen molar-refractivity contribution in [2.24, 2.45) is 13.0 Å². The molecule has 1 aliphatic rings. The van der Waals surface area contributed by atoms with E-state index >= 15 is 0 Å². The summed E-state index contributed by atoms with van der Waals surface area (Å²) in [4.78, 5) is 0. The maximum Gasteiger partial charge on any atom is 0.120 e. The minimum Gasteiger partial charge on any atom is -0.342 e. The Kier molecular flexibility index (Phi) is 2.79. The Morgan fingerprint density at radius 1 is 1.60 bits per heavy atom. The molecule has 0 amide bonds. The molecule has 3 heteroatoms. The summed E-state index contributed by atoms with van der Waals surface area (Å²) in [6, 6.07) is 4.81. The van der Waals surface area contributed by atoms with Crippen molar-refractivity contribution >= 4 is 0 Å². The van der Waals surface area contributed by atoms with E-state index in [1.54, 1.807) is 0 Å². The van der Waals surface area contributed by atoms with Crippen molar-refractivity contribution in [3.8, 4) is 6.07 Å². The second-order valence-electron chi connectivity index (χ2n) is 4.61. The van der Waals surface area contributed by atoms with Crippen LogP contribution in [0.25, 0.3) is 0 Å². The number of nitrogens with zero attached hydrogens (tertiary/aromatic N) is 2. The fraction of sp³-hybridized carbons (Fsp3) is 0.583. The van der Waals surface area contributed by atoms with Crippen LogP contribution in [0.4, 0.5) is 0 Å². The van der Waals surface area contributed by atoms with Gasteiger partial charge < -0.3 is 9.88 Å². The molecular weight excluding hydrogens is 186 g/mol. The van der Waals surface area contributed by atoms with Crippen molar-refractivity contribution in [2.75, 3.05) is 0 Å². The van der Waals surface area contributed by atoms with Crippen LogP contribution in [-0.2, 0) is 13.6 Å². The Balaban J connectivity index is 1.86. The molecule has 1 heterocycles. The molecule has 3 nitrogen and oxygen atoms in total. The van der Waals surface area contributed by atoms with Gasteiger partial charge in [0.1, 0.15) is 11.8 Å². The smallest absolute Gasteiger partial charge is 0.120 e. The van der Waals surface area contributed by atoms with Crippen LogP contribution in [0.3, 0.4) is 0 Å². The molecule has 1 saturated carbocycles. The van der Waals surface area contributed by atoms with Gasteiger partial charge in [0.05, 0.1) is 0 Å². The van der Waals surface area contributed by atoms with Crippen molar-refractivity contribution in [1.29, 1.82) is 5.26 Å². The molecule has 80 valence electrons. The number of rotatable bonds is 3. The molecule has 1 aromatic rings. The maximum atomic E-state index is 8.81. The van der Waals surface area contributed by atoms with Crippen molar-refractivity contribution in [1.82, 2.24) is 9.88 Å². The summed E-state index contributed by atoms with van der Waals surface area (Å²) in [6.07, 6.45) is 4.60. The first kappa shape index (κ1) is 10.3. The molecule has 2 rings (SSSR count). The van der Waals surface area contributed by atoms with E-state index in [9.17, 15) is 0 Å². The number of aromatic nitrogens is 1. The number of nitriles is 1. The predicted molar refractivity (Wildman–Crippen MR) is 59.2 cm³/mol. The maximum absolute atomic E-state index is 8.81. The van der Waals surface area contributed by atoms with Crippen LogP contribution in [0.5, 0.6) is 0 Å². The highest BCUT2D eigenvalue weighted by atomic mass is 15.0. The largest absolute Gasteiger partial charge is 0.342 e. The minimum atomic E-state index is 0.686. The van der Waals surface area contributed by atoms with Crippen LogP contribution < -0.4 is 5.32 Å². The van der Waals surface area contributed by atoms with Crippen molar-refractivity contribution in [3.63, 3.8) is 0 Å². The van der Waals surface area contributed by atoms with E-state index in [1.807, 2.05) is 23.9 Å². The predicted octanol–water partition coefficient (Wildman–Crippen LogP) is 1.78. The highest BCUT2D eigenvalue weighted by molar-refractivity contribution is 5.28. The SMILES string of the molecule is CC1CC(NCc2cc(C#N)n(C)c2)C1. The van der Waals surface area contributed by atoms with Gasteiger partial charge in [-0.1, -0.05) is 6.92 Å². The number of nitrogens with one attached hydrogen (secondary N) is 1. The van der Waals surface area contributed by atoms with Crippen LogP contribution >= 0.6 is 0 Å². The van der Waals surface area contributed by atoms with Crippen molar-refractivity contribution < 1.29 is 0 Å². The van der Waals surface area contributed by atoms with Crippen LogP contribution in [0, 0.1) is 17.2 Å². The van der Waals surface area contributed by atoms with Gasteiger partial charge in [0.2, 0.25) is 0 Å². The molecule has 1 N–H and O–H groups in total. The third kappa shape index (κ3) is 2.21. The average Bonchev–Trinajstić information content (AvgIpc) is 2.52. The summed E-state index contributed by atoms with van der Waals surface area (Å²) in [6.45, 7) is 3.17. The second kappa shape index (κ2) is 4.08. The zero-order valence-electron chi connectivity index (χ0n) is 9.33. The molecule has 0 bridgehead atoms. The van der Waals surface area contributed by atoms with Gasteiger partial charge in [-0.3, -0.25) is 0 Å². The van der Waals surface area contributed by atoms with Gasteiger partial charge in [0.15, 0.2) is 0 Å². The fourth-order valence-corrected chi connectivity index (χ4v) is 2.17. The highest BCUT2D eigenvalue weighted by Crippen LogP contribution is 2.26. The minimum absolute atomic E-state index is 0.686. The van der Waals surface area contributed by atoms with Crippen LogP contribution in [0.1, 0.15) is 31.0 Å². The van der Waals surface area contributed by atoms with Crippen LogP contribution in [0.15, 0.2) is 12.3 Å². The number of aryl methyl sites for hydroxylation is 1. The number of hydrogen-bond acceptors (Lipinski definition) is 2. The normalized spacial score (nSPS) is 24.6. The van der Waals surface area contributed by atoms with E-state index in [0.717, 1.165) is 18.2 Å². The van der Waals surface area contributed by atoms with Gasteiger partial charge in [-0.15, -0.1) is 0 Å². The molecule has 1 aliphatic carbocycles. The van der Waals surface area contributed by atoms with Crippen LogP contribution in [0.2, 0.25) is 0 Å². The highest BCUT2D eigenvalue weighted by Gasteiger charge is 2.24. The van der Waals surface area contributed by atoms with E-state index in [0.29, 0.717) is 6.04 Å². The lowest BCUT2D eigenvalue weighted by Gasteiger charge is -2.33. The zero-order valence-corrected chi connectivity index (χ0v) is 9.33. The molecule has 15 heavy (non-hydrogen) atoms. The third-order valence-electron chi connectivity index (χ3n) is 3.14. The lowest BCUT2D eigenvalue weighted by molar-refractivity contribution is 0.240. The van der Waals surface area contributed by atoms with Gasteiger partial charge in [-0.05, 0) is 30.4 Å². The fourth-order valence-electron chi connectivity index (χ4n) is 2.17. The average molecular weight is 203 g/mol. The lowest BCUT2D eigenvalue weighted by Crippen LogP contribution is -2.39. The van der Waals surface area contributed by atoms with Gasteiger partial charge in [0.25, 0.3) is 0 Å². The van der Waals surface area contributed by atoms with E-state index < -0.39 is 0 Å². The standard InChI is InChI=1S/C12H17N3/c1-9-3-11(4-9)14-7-10-5-12(6-13)15(2)8-10/h5,8-9,11,14H,3-4,7H2,1-2H3. The molecular formula is C12H17N3. The van der Waals surface area contributed by atoms with Gasteiger partial charge in [-0.2, -0.15) is 5.26 Å². The topological polar surface area (TPSA) is 40.8 Å². The van der Waals surface area contributed by atoms with E-state index in [-0.39, 0.29) is 0 Å². The molecule has 0 unspecified atom stereocenters. The first-order valence-corrected chi connectivity index (χ1v) is 5.47. The first-order valence-electron chi connectivity index (χ1n) is 5.47. The van der Waals surface area contributed by atoms with E-state index in [4.69, 9.17) is 5.26 Å². The Morgan fingerprint density at radius 3 is 2.87 bits per heavy atom. The molecule has 0 saturated heterocycles. The molecule has 1 fully saturated rings. The van der Waals surface area contributed by atoms with Crippen LogP contribution in [-0.4, -0.2) is 10.6 Å². The van der Waals surface area contributed by atoms with Gasteiger partial charge >= 0.3 is 0 Å².